The van der Waals surface area contributed by atoms with Crippen LogP contribution in [0.5, 0.6) is 0 Å². The molecule has 0 aromatic heterocycles. The first-order valence-corrected chi connectivity index (χ1v) is 8.27. The minimum Gasteiger partial charge on any atom is -0.447 e. The Morgan fingerprint density at radius 3 is 2.85 bits per heavy atom. The van der Waals surface area contributed by atoms with Crippen LogP contribution in [0.15, 0.2) is 42.5 Å². The summed E-state index contributed by atoms with van der Waals surface area (Å²) in [5.74, 6) is -1.13. The van der Waals surface area contributed by atoms with Crippen molar-refractivity contribution < 1.29 is 23.5 Å². The number of hydrogen-bond acceptors (Lipinski definition) is 4. The van der Waals surface area contributed by atoms with E-state index in [4.69, 9.17) is 21.1 Å². The van der Waals surface area contributed by atoms with E-state index in [9.17, 15) is 14.0 Å². The first-order valence-electron chi connectivity index (χ1n) is 7.89. The number of rotatable bonds is 6. The van der Waals surface area contributed by atoms with Gasteiger partial charge in [-0.2, -0.15) is 0 Å². The molecule has 26 heavy (non-hydrogen) atoms. The number of cyclic esters (lactones) is 1. The highest BCUT2D eigenvalue weighted by molar-refractivity contribution is 6.31. The van der Waals surface area contributed by atoms with Crippen LogP contribution in [-0.4, -0.2) is 31.8 Å². The molecule has 1 heterocycles. The molecule has 1 aliphatic heterocycles. The van der Waals surface area contributed by atoms with E-state index in [1.54, 1.807) is 18.2 Å². The summed E-state index contributed by atoms with van der Waals surface area (Å²) in [6.45, 7) is 0.544. The second-order valence-corrected chi connectivity index (χ2v) is 5.97. The molecule has 2 aromatic rings. The molecule has 2 amide bonds. The van der Waals surface area contributed by atoms with Crippen molar-refractivity contribution >= 4 is 35.0 Å². The quantitative estimate of drug-likeness (QED) is 0.834. The van der Waals surface area contributed by atoms with Gasteiger partial charge in [-0.1, -0.05) is 29.8 Å². The summed E-state index contributed by atoms with van der Waals surface area (Å²) < 4.78 is 24.1. The van der Waals surface area contributed by atoms with Crippen LogP contribution in [0.25, 0.3) is 0 Å². The standard InChI is InChI=1S/C18H16ClFN2O4/c19-14-4-2-1-3-12(14)10-25-11-17(23)21-16-9-13(5-6-15(16)20)22-7-8-26-18(22)24/h1-6,9H,7-8,10-11H2,(H,21,23). The summed E-state index contributed by atoms with van der Waals surface area (Å²) in [5, 5.41) is 2.98. The Hall–Kier alpha value is -2.64. The Bertz CT molecular complexity index is 831. The molecule has 1 N–H and O–H groups in total. The van der Waals surface area contributed by atoms with Crippen molar-refractivity contribution in [2.24, 2.45) is 0 Å². The molecule has 0 aliphatic carbocycles. The fourth-order valence-electron chi connectivity index (χ4n) is 2.46. The molecule has 0 spiro atoms. The predicted octanol–water partition coefficient (Wildman–Crippen LogP) is 3.59. The van der Waals surface area contributed by atoms with Gasteiger partial charge in [-0.3, -0.25) is 9.69 Å². The number of carbonyl (C=O) groups is 2. The Labute approximate surface area is 154 Å². The van der Waals surface area contributed by atoms with Crippen molar-refractivity contribution in [3.8, 4) is 0 Å². The third-order valence-corrected chi connectivity index (χ3v) is 4.11. The number of amides is 2. The molecule has 0 radical (unpaired) electrons. The molecule has 0 unspecified atom stereocenters. The Balaban J connectivity index is 1.58. The lowest BCUT2D eigenvalue weighted by Gasteiger charge is -2.15. The van der Waals surface area contributed by atoms with Gasteiger partial charge in [-0.25, -0.2) is 9.18 Å². The smallest absolute Gasteiger partial charge is 0.414 e. The summed E-state index contributed by atoms with van der Waals surface area (Å²) >= 11 is 6.01. The van der Waals surface area contributed by atoms with Crippen molar-refractivity contribution in [2.45, 2.75) is 6.61 Å². The number of nitrogens with one attached hydrogen (secondary N) is 1. The van der Waals surface area contributed by atoms with Crippen LogP contribution in [0.4, 0.5) is 20.6 Å². The van der Waals surface area contributed by atoms with Crippen molar-refractivity contribution in [1.29, 1.82) is 0 Å². The number of anilines is 2. The third kappa shape index (κ3) is 4.30. The maximum absolute atomic E-state index is 13.9. The van der Waals surface area contributed by atoms with E-state index in [1.807, 2.05) is 6.07 Å². The van der Waals surface area contributed by atoms with E-state index in [2.05, 4.69) is 5.32 Å². The molecule has 1 fully saturated rings. The fraction of sp³-hybridized carbons (Fsp3) is 0.222. The van der Waals surface area contributed by atoms with Gasteiger partial charge in [-0.15, -0.1) is 0 Å². The van der Waals surface area contributed by atoms with Gasteiger partial charge in [-0.05, 0) is 29.8 Å². The van der Waals surface area contributed by atoms with E-state index in [-0.39, 0.29) is 25.5 Å². The molecule has 2 aromatic carbocycles. The third-order valence-electron chi connectivity index (χ3n) is 3.75. The molecule has 0 saturated carbocycles. The number of hydrogen-bond donors (Lipinski definition) is 1. The van der Waals surface area contributed by atoms with Gasteiger partial charge in [0.25, 0.3) is 0 Å². The zero-order valence-electron chi connectivity index (χ0n) is 13.7. The van der Waals surface area contributed by atoms with Crippen LogP contribution < -0.4 is 10.2 Å². The number of ether oxygens (including phenoxy) is 2. The zero-order chi connectivity index (χ0) is 18.5. The second kappa shape index (κ2) is 8.16. The molecular weight excluding hydrogens is 363 g/mol. The van der Waals surface area contributed by atoms with Gasteiger partial charge in [0.1, 0.15) is 19.0 Å². The van der Waals surface area contributed by atoms with Crippen molar-refractivity contribution in [1.82, 2.24) is 0 Å². The van der Waals surface area contributed by atoms with Crippen LogP contribution >= 0.6 is 11.6 Å². The van der Waals surface area contributed by atoms with Gasteiger partial charge >= 0.3 is 6.09 Å². The van der Waals surface area contributed by atoms with Crippen LogP contribution in [0, 0.1) is 5.82 Å². The summed E-state index contributed by atoms with van der Waals surface area (Å²) in [7, 11) is 0. The second-order valence-electron chi connectivity index (χ2n) is 5.56. The minimum absolute atomic E-state index is 0.0338. The van der Waals surface area contributed by atoms with E-state index in [1.165, 1.54) is 23.1 Å². The van der Waals surface area contributed by atoms with Crippen LogP contribution in [-0.2, 0) is 20.9 Å². The maximum atomic E-state index is 13.9. The lowest BCUT2D eigenvalue weighted by molar-refractivity contribution is -0.121. The summed E-state index contributed by atoms with van der Waals surface area (Å²) in [4.78, 5) is 24.9. The van der Waals surface area contributed by atoms with E-state index in [0.717, 1.165) is 5.56 Å². The molecule has 6 nitrogen and oxygen atoms in total. The van der Waals surface area contributed by atoms with E-state index in [0.29, 0.717) is 17.3 Å². The fourth-order valence-corrected chi connectivity index (χ4v) is 2.65. The average molecular weight is 379 g/mol. The predicted molar refractivity (Wildman–Crippen MR) is 94.8 cm³/mol. The number of carbonyl (C=O) groups excluding carboxylic acids is 2. The van der Waals surface area contributed by atoms with E-state index < -0.39 is 17.8 Å². The molecule has 3 rings (SSSR count). The van der Waals surface area contributed by atoms with Gasteiger partial charge in [0.05, 0.1) is 18.8 Å². The Morgan fingerprint density at radius 2 is 2.12 bits per heavy atom. The van der Waals surface area contributed by atoms with Gasteiger partial charge < -0.3 is 14.8 Å². The van der Waals surface area contributed by atoms with Gasteiger partial charge in [0, 0.05) is 10.7 Å². The maximum Gasteiger partial charge on any atom is 0.414 e. The normalized spacial score (nSPS) is 13.6. The lowest BCUT2D eigenvalue weighted by atomic mass is 10.2. The minimum atomic E-state index is -0.610. The van der Waals surface area contributed by atoms with Gasteiger partial charge in [0.15, 0.2) is 0 Å². The molecule has 8 heteroatoms. The molecular formula is C18H16ClFN2O4. The highest BCUT2D eigenvalue weighted by Gasteiger charge is 2.24. The van der Waals surface area contributed by atoms with Crippen molar-refractivity contribution in [3.63, 3.8) is 0 Å². The topological polar surface area (TPSA) is 67.9 Å². The summed E-state index contributed by atoms with van der Waals surface area (Å²) in [6.07, 6.45) is -0.503. The molecule has 1 aliphatic rings. The SMILES string of the molecule is O=C(COCc1ccccc1Cl)Nc1cc(N2CCOC2=O)ccc1F. The monoisotopic (exact) mass is 378 g/mol. The molecule has 1 saturated heterocycles. The Morgan fingerprint density at radius 1 is 1.31 bits per heavy atom. The summed E-state index contributed by atoms with van der Waals surface area (Å²) in [5.41, 5.74) is 1.16. The molecule has 0 bridgehead atoms. The van der Waals surface area contributed by atoms with Crippen LogP contribution in [0.3, 0.4) is 0 Å². The largest absolute Gasteiger partial charge is 0.447 e. The number of halogens is 2. The van der Waals surface area contributed by atoms with Crippen LogP contribution in [0.2, 0.25) is 5.02 Å². The lowest BCUT2D eigenvalue weighted by Crippen LogP contribution is -2.24. The molecule has 136 valence electrons. The first kappa shape index (κ1) is 18.2. The zero-order valence-corrected chi connectivity index (χ0v) is 14.5. The first-order chi connectivity index (χ1) is 12.5. The summed E-state index contributed by atoms with van der Waals surface area (Å²) in [6, 6.07) is 11.1. The van der Waals surface area contributed by atoms with Crippen molar-refractivity contribution in [2.75, 3.05) is 30.0 Å². The highest BCUT2D eigenvalue weighted by atomic mass is 35.5. The van der Waals surface area contributed by atoms with Gasteiger partial charge in [0.2, 0.25) is 5.91 Å². The number of nitrogens with zero attached hydrogens (tertiary/aromatic N) is 1. The Kier molecular flexibility index (Phi) is 5.70. The van der Waals surface area contributed by atoms with Crippen LogP contribution in [0.1, 0.15) is 5.56 Å². The number of benzene rings is 2. The van der Waals surface area contributed by atoms with E-state index >= 15 is 0 Å². The average Bonchev–Trinajstić information content (AvgIpc) is 3.04. The van der Waals surface area contributed by atoms with Crippen molar-refractivity contribution in [3.05, 3.63) is 58.9 Å². The highest BCUT2D eigenvalue weighted by Crippen LogP contribution is 2.25. The molecule has 0 atom stereocenters.